The van der Waals surface area contributed by atoms with E-state index < -0.39 is 0 Å². The van der Waals surface area contributed by atoms with Gasteiger partial charge < -0.3 is 9.64 Å². The molecule has 24 heavy (non-hydrogen) atoms. The SMILES string of the molecule is CC1COCCN1C1CCN(C(=O)/C=C/c2ccc(Cl)cc2)CC1. The van der Waals surface area contributed by atoms with Crippen molar-refractivity contribution < 1.29 is 9.53 Å². The smallest absolute Gasteiger partial charge is 0.246 e. The summed E-state index contributed by atoms with van der Waals surface area (Å²) in [6.45, 7) is 6.55. The maximum atomic E-state index is 12.4. The fraction of sp³-hybridized carbons (Fsp3) is 0.526. The Labute approximate surface area is 149 Å². The second kappa shape index (κ2) is 8.15. The van der Waals surface area contributed by atoms with E-state index in [0.717, 1.165) is 51.3 Å². The lowest BCUT2D eigenvalue weighted by Gasteiger charge is -2.43. The Bertz CT molecular complexity index is 580. The number of morpholine rings is 1. The summed E-state index contributed by atoms with van der Waals surface area (Å²) in [5, 5.41) is 0.706. The molecule has 0 saturated carbocycles. The minimum absolute atomic E-state index is 0.0958. The second-order valence-electron chi connectivity index (χ2n) is 6.60. The van der Waals surface area contributed by atoms with E-state index in [2.05, 4.69) is 11.8 Å². The molecule has 1 amide bonds. The highest BCUT2D eigenvalue weighted by molar-refractivity contribution is 6.30. The molecule has 0 aromatic heterocycles. The standard InChI is InChI=1S/C19H25ClN2O2/c1-15-14-24-13-12-22(15)18-8-10-21(11-9-18)19(23)7-4-16-2-5-17(20)6-3-16/h2-7,15,18H,8-14H2,1H3/b7-4+. The maximum absolute atomic E-state index is 12.4. The lowest BCUT2D eigenvalue weighted by Crippen LogP contribution is -2.53. The third kappa shape index (κ3) is 4.38. The zero-order chi connectivity index (χ0) is 16.9. The number of benzene rings is 1. The Morgan fingerprint density at radius 3 is 2.58 bits per heavy atom. The van der Waals surface area contributed by atoms with Crippen molar-refractivity contribution in [1.82, 2.24) is 9.80 Å². The van der Waals surface area contributed by atoms with Crippen molar-refractivity contribution in [2.75, 3.05) is 32.8 Å². The first kappa shape index (κ1) is 17.5. The van der Waals surface area contributed by atoms with Crippen LogP contribution in [0.3, 0.4) is 0 Å². The van der Waals surface area contributed by atoms with Gasteiger partial charge in [0.05, 0.1) is 13.2 Å². The van der Waals surface area contributed by atoms with Crippen LogP contribution in [0.25, 0.3) is 6.08 Å². The van der Waals surface area contributed by atoms with Crippen molar-refractivity contribution in [3.63, 3.8) is 0 Å². The zero-order valence-electron chi connectivity index (χ0n) is 14.2. The molecule has 1 aromatic rings. The number of piperidine rings is 1. The maximum Gasteiger partial charge on any atom is 0.246 e. The van der Waals surface area contributed by atoms with E-state index >= 15 is 0 Å². The van der Waals surface area contributed by atoms with E-state index in [-0.39, 0.29) is 5.91 Å². The van der Waals surface area contributed by atoms with Gasteiger partial charge in [-0.2, -0.15) is 0 Å². The number of likely N-dealkylation sites (tertiary alicyclic amines) is 1. The largest absolute Gasteiger partial charge is 0.379 e. The topological polar surface area (TPSA) is 32.8 Å². The van der Waals surface area contributed by atoms with E-state index in [4.69, 9.17) is 16.3 Å². The summed E-state index contributed by atoms with van der Waals surface area (Å²) in [5.41, 5.74) is 0.991. The second-order valence-corrected chi connectivity index (χ2v) is 7.04. The summed E-state index contributed by atoms with van der Waals surface area (Å²) in [5.74, 6) is 0.0958. The molecule has 1 unspecified atom stereocenters. The Balaban J connectivity index is 1.50. The first-order chi connectivity index (χ1) is 11.6. The summed E-state index contributed by atoms with van der Waals surface area (Å²) in [6, 6.07) is 8.56. The molecule has 5 heteroatoms. The predicted octanol–water partition coefficient (Wildman–Crippen LogP) is 3.06. The molecule has 2 saturated heterocycles. The first-order valence-corrected chi connectivity index (χ1v) is 9.07. The molecule has 1 aromatic carbocycles. The van der Waals surface area contributed by atoms with E-state index in [9.17, 15) is 4.79 Å². The minimum atomic E-state index is 0.0958. The quantitative estimate of drug-likeness (QED) is 0.787. The highest BCUT2D eigenvalue weighted by atomic mass is 35.5. The fourth-order valence-corrected chi connectivity index (χ4v) is 3.67. The van der Waals surface area contributed by atoms with Gasteiger partial charge in [-0.1, -0.05) is 23.7 Å². The van der Waals surface area contributed by atoms with Gasteiger partial charge in [0, 0.05) is 42.8 Å². The van der Waals surface area contributed by atoms with Crippen LogP contribution in [-0.2, 0) is 9.53 Å². The highest BCUT2D eigenvalue weighted by Crippen LogP contribution is 2.21. The normalized spacial score (nSPS) is 23.8. The number of halogens is 1. The van der Waals surface area contributed by atoms with Crippen molar-refractivity contribution in [2.24, 2.45) is 0 Å². The van der Waals surface area contributed by atoms with Gasteiger partial charge in [-0.3, -0.25) is 9.69 Å². The molecular formula is C19H25ClN2O2. The number of carbonyl (C=O) groups excluding carboxylic acids is 1. The molecule has 0 aliphatic carbocycles. The average molecular weight is 349 g/mol. The molecule has 4 nitrogen and oxygen atoms in total. The molecule has 2 heterocycles. The van der Waals surface area contributed by atoms with Gasteiger partial charge in [0.15, 0.2) is 0 Å². The first-order valence-electron chi connectivity index (χ1n) is 8.69. The van der Waals surface area contributed by atoms with Gasteiger partial charge >= 0.3 is 0 Å². The lowest BCUT2D eigenvalue weighted by atomic mass is 10.0. The third-order valence-electron chi connectivity index (χ3n) is 4.95. The molecule has 1 atom stereocenters. The van der Waals surface area contributed by atoms with Gasteiger partial charge in [-0.25, -0.2) is 0 Å². The van der Waals surface area contributed by atoms with Gasteiger partial charge in [0.2, 0.25) is 5.91 Å². The molecule has 130 valence electrons. The summed E-state index contributed by atoms with van der Waals surface area (Å²) in [4.78, 5) is 16.9. The van der Waals surface area contributed by atoms with Crippen LogP contribution < -0.4 is 0 Å². The van der Waals surface area contributed by atoms with Crippen LogP contribution in [0.1, 0.15) is 25.3 Å². The van der Waals surface area contributed by atoms with Gasteiger partial charge in [0.1, 0.15) is 0 Å². The highest BCUT2D eigenvalue weighted by Gasteiger charge is 2.30. The predicted molar refractivity (Wildman–Crippen MR) is 97.1 cm³/mol. The number of amides is 1. The van der Waals surface area contributed by atoms with Crippen LogP contribution in [0.2, 0.25) is 5.02 Å². The van der Waals surface area contributed by atoms with Gasteiger partial charge in [-0.05, 0) is 43.5 Å². The summed E-state index contributed by atoms with van der Waals surface area (Å²) in [6.07, 6.45) is 5.62. The number of nitrogens with zero attached hydrogens (tertiary/aromatic N) is 2. The molecule has 3 rings (SSSR count). The summed E-state index contributed by atoms with van der Waals surface area (Å²) >= 11 is 5.87. The Morgan fingerprint density at radius 2 is 1.92 bits per heavy atom. The number of rotatable bonds is 3. The Morgan fingerprint density at radius 1 is 1.21 bits per heavy atom. The van der Waals surface area contributed by atoms with Crippen LogP contribution in [0, 0.1) is 0 Å². The minimum Gasteiger partial charge on any atom is -0.379 e. The van der Waals surface area contributed by atoms with Crippen LogP contribution in [0.15, 0.2) is 30.3 Å². The average Bonchev–Trinajstić information content (AvgIpc) is 2.61. The van der Waals surface area contributed by atoms with E-state index in [1.165, 1.54) is 0 Å². The van der Waals surface area contributed by atoms with Crippen LogP contribution in [0.4, 0.5) is 0 Å². The Kier molecular flexibility index (Phi) is 5.93. The van der Waals surface area contributed by atoms with Crippen molar-refractivity contribution in [2.45, 2.75) is 31.8 Å². The van der Waals surface area contributed by atoms with Crippen molar-refractivity contribution in [3.8, 4) is 0 Å². The number of hydrogen-bond donors (Lipinski definition) is 0. The van der Waals surface area contributed by atoms with E-state index in [1.807, 2.05) is 35.2 Å². The van der Waals surface area contributed by atoms with Crippen LogP contribution in [0.5, 0.6) is 0 Å². The molecule has 0 bridgehead atoms. The van der Waals surface area contributed by atoms with E-state index in [1.54, 1.807) is 6.08 Å². The number of hydrogen-bond acceptors (Lipinski definition) is 3. The van der Waals surface area contributed by atoms with E-state index in [0.29, 0.717) is 17.1 Å². The third-order valence-corrected chi connectivity index (χ3v) is 5.20. The fourth-order valence-electron chi connectivity index (χ4n) is 3.55. The van der Waals surface area contributed by atoms with Crippen LogP contribution in [-0.4, -0.2) is 60.6 Å². The summed E-state index contributed by atoms with van der Waals surface area (Å²) in [7, 11) is 0. The van der Waals surface area contributed by atoms with Crippen molar-refractivity contribution in [1.29, 1.82) is 0 Å². The van der Waals surface area contributed by atoms with Crippen LogP contribution >= 0.6 is 11.6 Å². The number of carbonyl (C=O) groups is 1. The number of ether oxygens (including phenoxy) is 1. The van der Waals surface area contributed by atoms with Gasteiger partial charge in [-0.15, -0.1) is 0 Å². The molecule has 0 spiro atoms. The zero-order valence-corrected chi connectivity index (χ0v) is 14.9. The molecular weight excluding hydrogens is 324 g/mol. The molecule has 2 aliphatic rings. The molecule has 0 N–H and O–H groups in total. The summed E-state index contributed by atoms with van der Waals surface area (Å²) < 4.78 is 5.52. The molecule has 2 fully saturated rings. The van der Waals surface area contributed by atoms with Crippen molar-refractivity contribution in [3.05, 3.63) is 40.9 Å². The molecule has 2 aliphatic heterocycles. The molecule has 0 radical (unpaired) electrons. The monoisotopic (exact) mass is 348 g/mol. The lowest BCUT2D eigenvalue weighted by molar-refractivity contribution is -0.128. The van der Waals surface area contributed by atoms with Gasteiger partial charge in [0.25, 0.3) is 0 Å². The van der Waals surface area contributed by atoms with Crippen molar-refractivity contribution >= 4 is 23.6 Å². The Hall–Kier alpha value is -1.36.